The van der Waals surface area contributed by atoms with Crippen molar-refractivity contribution >= 4 is 5.97 Å². The Balaban J connectivity index is 1.96. The molecule has 0 heterocycles. The predicted octanol–water partition coefficient (Wildman–Crippen LogP) is 2.93. The van der Waals surface area contributed by atoms with Gasteiger partial charge in [-0.25, -0.2) is 4.79 Å². The third-order valence-corrected chi connectivity index (χ3v) is 3.90. The highest BCUT2D eigenvalue weighted by Gasteiger charge is 2.37. The van der Waals surface area contributed by atoms with Crippen molar-refractivity contribution in [2.45, 2.75) is 45.1 Å². The molecule has 2 heteroatoms. The Morgan fingerprint density at radius 3 is 2.87 bits per heavy atom. The monoisotopic (exact) mass is 208 g/mol. The van der Waals surface area contributed by atoms with Crippen molar-refractivity contribution in [1.82, 2.24) is 0 Å². The van der Waals surface area contributed by atoms with E-state index in [-0.39, 0.29) is 12.1 Å². The number of rotatable bonds is 2. The van der Waals surface area contributed by atoms with Gasteiger partial charge in [-0.05, 0) is 49.9 Å². The molecule has 0 N–H and O–H groups in total. The lowest BCUT2D eigenvalue weighted by Gasteiger charge is -2.42. The lowest BCUT2D eigenvalue weighted by Crippen LogP contribution is -2.37. The number of carbonyl (C=O) groups is 1. The summed E-state index contributed by atoms with van der Waals surface area (Å²) in [6, 6.07) is 0. The van der Waals surface area contributed by atoms with Crippen molar-refractivity contribution in [1.29, 1.82) is 0 Å². The number of esters is 1. The lowest BCUT2D eigenvalue weighted by molar-refractivity contribution is -0.150. The van der Waals surface area contributed by atoms with Gasteiger partial charge < -0.3 is 4.74 Å². The highest BCUT2D eigenvalue weighted by Crippen LogP contribution is 2.43. The van der Waals surface area contributed by atoms with E-state index < -0.39 is 0 Å². The Bertz CT molecular complexity index is 257. The van der Waals surface area contributed by atoms with E-state index in [1.54, 1.807) is 0 Å². The van der Waals surface area contributed by atoms with E-state index in [4.69, 9.17) is 4.74 Å². The van der Waals surface area contributed by atoms with Crippen LogP contribution in [-0.2, 0) is 9.53 Å². The van der Waals surface area contributed by atoms with Gasteiger partial charge in [0.15, 0.2) is 0 Å². The summed E-state index contributed by atoms with van der Waals surface area (Å²) in [5, 5.41) is 0. The SMILES string of the molecule is C=CC(=O)OC1CCC2CC(C)CC1C2. The predicted molar refractivity (Wildman–Crippen MR) is 59.3 cm³/mol. The summed E-state index contributed by atoms with van der Waals surface area (Å²) < 4.78 is 5.42. The van der Waals surface area contributed by atoms with Crippen molar-refractivity contribution in [3.8, 4) is 0 Å². The molecule has 15 heavy (non-hydrogen) atoms. The first-order valence-electron chi connectivity index (χ1n) is 6.02. The van der Waals surface area contributed by atoms with Crippen molar-refractivity contribution in [2.75, 3.05) is 0 Å². The van der Waals surface area contributed by atoms with Crippen LogP contribution in [0.4, 0.5) is 0 Å². The van der Waals surface area contributed by atoms with Crippen LogP contribution in [0.25, 0.3) is 0 Å². The molecule has 0 aromatic carbocycles. The van der Waals surface area contributed by atoms with Crippen molar-refractivity contribution < 1.29 is 9.53 Å². The van der Waals surface area contributed by atoms with Crippen LogP contribution in [0, 0.1) is 17.8 Å². The minimum absolute atomic E-state index is 0.162. The number of carbonyl (C=O) groups excluding carboxylic acids is 1. The van der Waals surface area contributed by atoms with E-state index in [0.29, 0.717) is 5.92 Å². The number of hydrogen-bond acceptors (Lipinski definition) is 2. The molecule has 0 saturated heterocycles. The lowest BCUT2D eigenvalue weighted by atomic mass is 9.67. The summed E-state index contributed by atoms with van der Waals surface area (Å²) in [6.07, 6.45) is 7.59. The average molecular weight is 208 g/mol. The minimum atomic E-state index is -0.253. The quantitative estimate of drug-likeness (QED) is 0.515. The fraction of sp³-hybridized carbons (Fsp3) is 0.769. The fourth-order valence-corrected chi connectivity index (χ4v) is 3.33. The second-order valence-corrected chi connectivity index (χ2v) is 5.20. The van der Waals surface area contributed by atoms with Crippen molar-refractivity contribution in [2.24, 2.45) is 17.8 Å². The molecule has 2 fully saturated rings. The second kappa shape index (κ2) is 4.38. The van der Waals surface area contributed by atoms with Crippen LogP contribution in [0.5, 0.6) is 0 Å². The van der Waals surface area contributed by atoms with E-state index >= 15 is 0 Å². The molecule has 0 aromatic heterocycles. The zero-order chi connectivity index (χ0) is 10.8. The maximum atomic E-state index is 11.2. The number of ether oxygens (including phenoxy) is 1. The van der Waals surface area contributed by atoms with Gasteiger partial charge in [0.05, 0.1) is 0 Å². The van der Waals surface area contributed by atoms with Gasteiger partial charge in [-0.1, -0.05) is 13.5 Å². The Morgan fingerprint density at radius 1 is 1.33 bits per heavy atom. The molecular weight excluding hydrogens is 188 g/mol. The van der Waals surface area contributed by atoms with E-state index in [1.807, 2.05) is 0 Å². The van der Waals surface area contributed by atoms with Gasteiger partial charge >= 0.3 is 5.97 Å². The van der Waals surface area contributed by atoms with Crippen LogP contribution >= 0.6 is 0 Å². The molecule has 0 amide bonds. The standard InChI is InChI=1S/C13H20O2/c1-3-13(14)15-12-5-4-10-6-9(2)7-11(12)8-10/h3,9-12H,1,4-8H2,2H3. The van der Waals surface area contributed by atoms with Crippen LogP contribution < -0.4 is 0 Å². The zero-order valence-electron chi connectivity index (χ0n) is 9.45. The molecule has 4 atom stereocenters. The van der Waals surface area contributed by atoms with Gasteiger partial charge in [0.25, 0.3) is 0 Å². The summed E-state index contributed by atoms with van der Waals surface area (Å²) >= 11 is 0. The fourth-order valence-electron chi connectivity index (χ4n) is 3.33. The molecule has 2 nitrogen and oxygen atoms in total. The number of fused-ring (bicyclic) bond motifs is 2. The van der Waals surface area contributed by atoms with Crippen molar-refractivity contribution in [3.63, 3.8) is 0 Å². The van der Waals surface area contributed by atoms with Gasteiger partial charge in [0.2, 0.25) is 0 Å². The minimum Gasteiger partial charge on any atom is -0.459 e. The van der Waals surface area contributed by atoms with Gasteiger partial charge in [0.1, 0.15) is 6.10 Å². The highest BCUT2D eigenvalue weighted by molar-refractivity contribution is 5.81. The first kappa shape index (κ1) is 10.7. The molecule has 0 aromatic rings. The van der Waals surface area contributed by atoms with Crippen molar-refractivity contribution in [3.05, 3.63) is 12.7 Å². The molecule has 2 aliphatic rings. The third kappa shape index (κ3) is 2.42. The van der Waals surface area contributed by atoms with Crippen LogP contribution in [0.2, 0.25) is 0 Å². The smallest absolute Gasteiger partial charge is 0.330 e. The first-order valence-corrected chi connectivity index (χ1v) is 6.02. The number of hydrogen-bond donors (Lipinski definition) is 0. The van der Waals surface area contributed by atoms with Gasteiger partial charge in [-0.2, -0.15) is 0 Å². The first-order chi connectivity index (χ1) is 7.19. The van der Waals surface area contributed by atoms with Crippen LogP contribution in [0.3, 0.4) is 0 Å². The van der Waals surface area contributed by atoms with Crippen LogP contribution in [-0.4, -0.2) is 12.1 Å². The summed E-state index contributed by atoms with van der Waals surface area (Å²) in [4.78, 5) is 11.2. The Hall–Kier alpha value is -0.790. The molecule has 2 aliphatic carbocycles. The molecule has 0 radical (unpaired) electrons. The molecule has 84 valence electrons. The Morgan fingerprint density at radius 2 is 2.13 bits per heavy atom. The summed E-state index contributed by atoms with van der Waals surface area (Å²) in [6.45, 7) is 5.76. The maximum absolute atomic E-state index is 11.2. The average Bonchev–Trinajstić information content (AvgIpc) is 2.21. The Labute approximate surface area is 91.7 Å². The third-order valence-electron chi connectivity index (χ3n) is 3.90. The molecule has 4 unspecified atom stereocenters. The second-order valence-electron chi connectivity index (χ2n) is 5.20. The zero-order valence-corrected chi connectivity index (χ0v) is 9.45. The van der Waals surface area contributed by atoms with E-state index in [1.165, 1.54) is 31.8 Å². The van der Waals surface area contributed by atoms with Gasteiger partial charge in [-0.3, -0.25) is 0 Å². The summed E-state index contributed by atoms with van der Waals surface area (Å²) in [7, 11) is 0. The van der Waals surface area contributed by atoms with E-state index in [0.717, 1.165) is 18.3 Å². The molecule has 2 bridgehead atoms. The topological polar surface area (TPSA) is 26.3 Å². The molecule has 2 saturated carbocycles. The normalized spacial score (nSPS) is 39.5. The van der Waals surface area contributed by atoms with Gasteiger partial charge in [0, 0.05) is 6.08 Å². The van der Waals surface area contributed by atoms with E-state index in [9.17, 15) is 4.79 Å². The van der Waals surface area contributed by atoms with Crippen LogP contribution in [0.1, 0.15) is 39.0 Å². The molecule has 0 spiro atoms. The molecular formula is C13H20O2. The summed E-state index contributed by atoms with van der Waals surface area (Å²) in [5.41, 5.74) is 0. The van der Waals surface area contributed by atoms with Gasteiger partial charge in [-0.15, -0.1) is 0 Å². The highest BCUT2D eigenvalue weighted by atomic mass is 16.5. The maximum Gasteiger partial charge on any atom is 0.330 e. The van der Waals surface area contributed by atoms with E-state index in [2.05, 4.69) is 13.5 Å². The van der Waals surface area contributed by atoms with Crippen LogP contribution in [0.15, 0.2) is 12.7 Å². The summed E-state index contributed by atoms with van der Waals surface area (Å²) in [5.74, 6) is 2.05. The molecule has 0 aliphatic heterocycles. The molecule has 2 rings (SSSR count). The Kier molecular flexibility index (Phi) is 3.13. The largest absolute Gasteiger partial charge is 0.459 e.